The quantitative estimate of drug-likeness (QED) is 0.863. The van der Waals surface area contributed by atoms with Crippen LogP contribution in [-0.2, 0) is 20.7 Å². The molecule has 1 fully saturated rings. The van der Waals surface area contributed by atoms with Crippen LogP contribution in [0.15, 0.2) is 42.5 Å². The van der Waals surface area contributed by atoms with Gasteiger partial charge < -0.3 is 10.1 Å². The number of methoxy groups -OCH3 is 1. The molecule has 0 spiro atoms. The van der Waals surface area contributed by atoms with Crippen molar-refractivity contribution in [3.05, 3.63) is 48.0 Å². The fourth-order valence-corrected chi connectivity index (χ4v) is 2.57. The van der Waals surface area contributed by atoms with Gasteiger partial charge in [-0.2, -0.15) is 0 Å². The molecule has 0 radical (unpaired) electrons. The molecule has 0 bridgehead atoms. The molecule has 1 aliphatic rings. The monoisotopic (exact) mass is 297 g/mol. The van der Waals surface area contributed by atoms with Crippen LogP contribution in [0.1, 0.15) is 18.4 Å². The zero-order chi connectivity index (χ0) is 15.5. The van der Waals surface area contributed by atoms with Crippen LogP contribution in [0.3, 0.4) is 0 Å². The number of benzene rings is 2. The van der Waals surface area contributed by atoms with Crippen molar-refractivity contribution in [2.75, 3.05) is 7.11 Å². The number of ether oxygens (including phenoxy) is 1. The molecule has 2 aromatic rings. The summed E-state index contributed by atoms with van der Waals surface area (Å²) in [6, 6.07) is 13.5. The number of hydrogen-bond acceptors (Lipinski definition) is 3. The highest BCUT2D eigenvalue weighted by molar-refractivity contribution is 5.87. The molecule has 4 nitrogen and oxygen atoms in total. The Bertz CT molecular complexity index is 706. The SMILES string of the molecule is COC(=O)[C@H](Cc1ccc2ccccc2c1)NC(=O)C1CC1. The lowest BCUT2D eigenvalue weighted by Crippen LogP contribution is -2.43. The van der Waals surface area contributed by atoms with E-state index in [1.807, 2.05) is 36.4 Å². The molecule has 22 heavy (non-hydrogen) atoms. The van der Waals surface area contributed by atoms with Gasteiger partial charge >= 0.3 is 5.97 Å². The van der Waals surface area contributed by atoms with Gasteiger partial charge in [0.05, 0.1) is 7.11 Å². The van der Waals surface area contributed by atoms with Crippen LogP contribution in [0.25, 0.3) is 10.8 Å². The van der Waals surface area contributed by atoms with E-state index < -0.39 is 12.0 Å². The summed E-state index contributed by atoms with van der Waals surface area (Å²) in [5.41, 5.74) is 1.00. The van der Waals surface area contributed by atoms with E-state index in [9.17, 15) is 9.59 Å². The first-order valence-electron chi connectivity index (χ1n) is 7.53. The van der Waals surface area contributed by atoms with Gasteiger partial charge in [0.1, 0.15) is 6.04 Å². The molecule has 1 N–H and O–H groups in total. The van der Waals surface area contributed by atoms with E-state index in [1.54, 1.807) is 0 Å². The van der Waals surface area contributed by atoms with Gasteiger partial charge in [-0.1, -0.05) is 42.5 Å². The summed E-state index contributed by atoms with van der Waals surface area (Å²) in [6.07, 6.45) is 2.27. The van der Waals surface area contributed by atoms with E-state index in [2.05, 4.69) is 11.4 Å². The number of hydrogen-bond donors (Lipinski definition) is 1. The Hall–Kier alpha value is -2.36. The minimum Gasteiger partial charge on any atom is -0.467 e. The van der Waals surface area contributed by atoms with E-state index in [0.717, 1.165) is 29.2 Å². The van der Waals surface area contributed by atoms with E-state index in [-0.39, 0.29) is 11.8 Å². The maximum absolute atomic E-state index is 11.9. The molecule has 0 aliphatic heterocycles. The number of esters is 1. The highest BCUT2D eigenvalue weighted by Crippen LogP contribution is 2.29. The first-order valence-corrected chi connectivity index (χ1v) is 7.53. The average Bonchev–Trinajstić information content (AvgIpc) is 3.38. The number of amides is 1. The highest BCUT2D eigenvalue weighted by Gasteiger charge is 2.32. The fourth-order valence-electron chi connectivity index (χ4n) is 2.57. The van der Waals surface area contributed by atoms with E-state index in [4.69, 9.17) is 4.74 Å². The maximum Gasteiger partial charge on any atom is 0.328 e. The Morgan fingerprint density at radius 1 is 1.18 bits per heavy atom. The lowest BCUT2D eigenvalue weighted by Gasteiger charge is -2.16. The van der Waals surface area contributed by atoms with Crippen LogP contribution >= 0.6 is 0 Å². The number of fused-ring (bicyclic) bond motifs is 1. The van der Waals surface area contributed by atoms with Gasteiger partial charge in [0.2, 0.25) is 5.91 Å². The van der Waals surface area contributed by atoms with Crippen molar-refractivity contribution in [3.63, 3.8) is 0 Å². The van der Waals surface area contributed by atoms with Gasteiger partial charge in [0.15, 0.2) is 0 Å². The Kier molecular flexibility index (Phi) is 4.09. The summed E-state index contributed by atoms with van der Waals surface area (Å²) >= 11 is 0. The van der Waals surface area contributed by atoms with Gasteiger partial charge in [0, 0.05) is 12.3 Å². The summed E-state index contributed by atoms with van der Waals surface area (Å²) in [5.74, 6) is -0.373. The zero-order valence-corrected chi connectivity index (χ0v) is 12.5. The molecular weight excluding hydrogens is 278 g/mol. The summed E-state index contributed by atoms with van der Waals surface area (Å²) in [7, 11) is 1.35. The summed E-state index contributed by atoms with van der Waals surface area (Å²) in [4.78, 5) is 23.8. The van der Waals surface area contributed by atoms with Crippen molar-refractivity contribution < 1.29 is 14.3 Å². The Morgan fingerprint density at radius 2 is 1.91 bits per heavy atom. The molecular formula is C18H19NO3. The largest absolute Gasteiger partial charge is 0.467 e. The summed E-state index contributed by atoms with van der Waals surface area (Å²) in [5, 5.41) is 5.09. The summed E-state index contributed by atoms with van der Waals surface area (Å²) in [6.45, 7) is 0. The van der Waals surface area contributed by atoms with Gasteiger partial charge in [-0.3, -0.25) is 4.79 Å². The van der Waals surface area contributed by atoms with Crippen LogP contribution in [-0.4, -0.2) is 25.0 Å². The standard InChI is InChI=1S/C18H19NO3/c1-22-18(21)16(19-17(20)14-8-9-14)11-12-6-7-13-4-2-3-5-15(13)10-12/h2-7,10,14,16H,8-9,11H2,1H3,(H,19,20)/t16-/m0/s1. The van der Waals surface area contributed by atoms with Crippen molar-refractivity contribution in [1.29, 1.82) is 0 Å². The molecule has 4 heteroatoms. The van der Waals surface area contributed by atoms with Crippen molar-refractivity contribution in [2.45, 2.75) is 25.3 Å². The Morgan fingerprint density at radius 3 is 2.59 bits per heavy atom. The minimum absolute atomic E-state index is 0.0452. The minimum atomic E-state index is -0.626. The lowest BCUT2D eigenvalue weighted by atomic mass is 10.0. The summed E-state index contributed by atoms with van der Waals surface area (Å²) < 4.78 is 4.82. The van der Waals surface area contributed by atoms with Gasteiger partial charge in [-0.15, -0.1) is 0 Å². The number of carbonyl (C=O) groups excluding carboxylic acids is 2. The topological polar surface area (TPSA) is 55.4 Å². The molecule has 0 heterocycles. The van der Waals surface area contributed by atoms with Gasteiger partial charge in [-0.05, 0) is 29.2 Å². The molecule has 1 saturated carbocycles. The Labute approximate surface area is 129 Å². The molecule has 3 rings (SSSR count). The predicted molar refractivity (Wildman–Crippen MR) is 84.3 cm³/mol. The second-order valence-corrected chi connectivity index (χ2v) is 5.74. The number of rotatable bonds is 5. The highest BCUT2D eigenvalue weighted by atomic mass is 16.5. The van der Waals surface area contributed by atoms with Crippen LogP contribution in [0.2, 0.25) is 0 Å². The van der Waals surface area contributed by atoms with Gasteiger partial charge in [-0.25, -0.2) is 4.79 Å². The van der Waals surface area contributed by atoms with Gasteiger partial charge in [0.25, 0.3) is 0 Å². The molecule has 2 aromatic carbocycles. The maximum atomic E-state index is 11.9. The molecule has 0 aromatic heterocycles. The lowest BCUT2D eigenvalue weighted by molar-refractivity contribution is -0.145. The Balaban J connectivity index is 1.77. The number of nitrogens with one attached hydrogen (secondary N) is 1. The van der Waals surface area contributed by atoms with Crippen molar-refractivity contribution in [3.8, 4) is 0 Å². The van der Waals surface area contributed by atoms with Crippen LogP contribution in [0.4, 0.5) is 0 Å². The third-order valence-electron chi connectivity index (χ3n) is 4.00. The molecule has 1 amide bonds. The normalized spacial score (nSPS) is 15.3. The van der Waals surface area contributed by atoms with Crippen molar-refractivity contribution in [2.24, 2.45) is 5.92 Å². The average molecular weight is 297 g/mol. The first kappa shape index (κ1) is 14.6. The molecule has 0 saturated heterocycles. The fraction of sp³-hybridized carbons (Fsp3) is 0.333. The molecule has 1 atom stereocenters. The number of carbonyl (C=O) groups is 2. The zero-order valence-electron chi connectivity index (χ0n) is 12.5. The predicted octanol–water partition coefficient (Wildman–Crippen LogP) is 2.45. The van der Waals surface area contributed by atoms with E-state index in [1.165, 1.54) is 7.11 Å². The van der Waals surface area contributed by atoms with Crippen LogP contribution < -0.4 is 5.32 Å². The van der Waals surface area contributed by atoms with Crippen molar-refractivity contribution >= 4 is 22.6 Å². The first-order chi connectivity index (χ1) is 10.7. The second-order valence-electron chi connectivity index (χ2n) is 5.74. The van der Waals surface area contributed by atoms with Crippen LogP contribution in [0, 0.1) is 5.92 Å². The van der Waals surface area contributed by atoms with E-state index in [0.29, 0.717) is 6.42 Å². The molecule has 1 aliphatic carbocycles. The molecule has 0 unspecified atom stereocenters. The second kappa shape index (κ2) is 6.18. The van der Waals surface area contributed by atoms with E-state index >= 15 is 0 Å². The third kappa shape index (κ3) is 3.27. The van der Waals surface area contributed by atoms with Crippen LogP contribution in [0.5, 0.6) is 0 Å². The molecule has 114 valence electrons. The smallest absolute Gasteiger partial charge is 0.328 e. The van der Waals surface area contributed by atoms with Crippen molar-refractivity contribution in [1.82, 2.24) is 5.32 Å². The third-order valence-corrected chi connectivity index (χ3v) is 4.00.